The molecule has 0 radical (unpaired) electrons. The van der Waals surface area contributed by atoms with Crippen molar-refractivity contribution in [2.45, 2.75) is 39.3 Å². The normalized spacial score (nSPS) is 12.8. The highest BCUT2D eigenvalue weighted by molar-refractivity contribution is 5.82. The summed E-state index contributed by atoms with van der Waals surface area (Å²) in [7, 11) is 0. The molecule has 1 amide bonds. The quantitative estimate of drug-likeness (QED) is 0.605. The maximum absolute atomic E-state index is 13.1. The third kappa shape index (κ3) is 4.80. The molecule has 0 aliphatic rings. The minimum absolute atomic E-state index is 0.110. The molecule has 0 heterocycles. The number of rotatable bonds is 7. The lowest BCUT2D eigenvalue weighted by Crippen LogP contribution is -2.40. The third-order valence-electron chi connectivity index (χ3n) is 4.85. The molecule has 3 rings (SSSR count). The van der Waals surface area contributed by atoms with Gasteiger partial charge < -0.3 is 10.1 Å². The van der Waals surface area contributed by atoms with Crippen LogP contribution in [0.25, 0.3) is 0 Å². The Balaban J connectivity index is 1.85. The zero-order chi connectivity index (χ0) is 19.9. The number of carbonyl (C=O) groups excluding carboxylic acids is 1. The van der Waals surface area contributed by atoms with E-state index in [-0.39, 0.29) is 11.9 Å². The van der Waals surface area contributed by atoms with E-state index in [1.54, 1.807) is 0 Å². The number of carbonyl (C=O) groups is 1. The maximum Gasteiger partial charge on any atom is 0.261 e. The van der Waals surface area contributed by atoms with Gasteiger partial charge in [-0.05, 0) is 54.7 Å². The lowest BCUT2D eigenvalue weighted by molar-refractivity contribution is -0.128. The molecule has 1 N–H and O–H groups in total. The van der Waals surface area contributed by atoms with E-state index in [4.69, 9.17) is 4.74 Å². The molecule has 0 aliphatic heterocycles. The molecule has 3 nitrogen and oxygen atoms in total. The van der Waals surface area contributed by atoms with E-state index in [1.807, 2.05) is 80.6 Å². The minimum Gasteiger partial charge on any atom is -0.481 e. The van der Waals surface area contributed by atoms with Gasteiger partial charge in [0.25, 0.3) is 5.91 Å². The molecule has 3 heteroatoms. The van der Waals surface area contributed by atoms with Crippen molar-refractivity contribution in [2.75, 3.05) is 0 Å². The number of benzene rings is 3. The Labute approximate surface area is 167 Å². The SMILES string of the molecule is CC[C@H](Oc1cccc(C)c1)C(=O)N[C@@H](c1ccccc1)c1ccccc1C. The van der Waals surface area contributed by atoms with E-state index in [0.717, 1.165) is 22.3 Å². The standard InChI is InChI=1S/C25H27NO2/c1-4-23(28-21-15-10-11-18(2)17-21)25(27)26-24(20-13-6-5-7-14-20)22-16-9-8-12-19(22)3/h5-17,23-24H,4H2,1-3H3,(H,26,27)/t23-,24-/m0/s1. The van der Waals surface area contributed by atoms with E-state index >= 15 is 0 Å². The fourth-order valence-electron chi connectivity index (χ4n) is 3.31. The first kappa shape index (κ1) is 19.7. The van der Waals surface area contributed by atoms with Crippen molar-refractivity contribution in [3.8, 4) is 5.75 Å². The Morgan fingerprint density at radius 1 is 0.929 bits per heavy atom. The Bertz CT molecular complexity index is 921. The largest absolute Gasteiger partial charge is 0.481 e. The molecule has 0 bridgehead atoms. The van der Waals surface area contributed by atoms with Crippen LogP contribution in [-0.2, 0) is 4.79 Å². The Morgan fingerprint density at radius 2 is 1.64 bits per heavy atom. The monoisotopic (exact) mass is 373 g/mol. The molecule has 0 aliphatic carbocycles. The summed E-state index contributed by atoms with van der Waals surface area (Å²) >= 11 is 0. The van der Waals surface area contributed by atoms with Crippen molar-refractivity contribution in [2.24, 2.45) is 0 Å². The van der Waals surface area contributed by atoms with Crippen LogP contribution in [-0.4, -0.2) is 12.0 Å². The van der Waals surface area contributed by atoms with Gasteiger partial charge in [-0.15, -0.1) is 0 Å². The first-order chi connectivity index (χ1) is 13.6. The van der Waals surface area contributed by atoms with Gasteiger partial charge in [-0.1, -0.05) is 73.7 Å². The summed E-state index contributed by atoms with van der Waals surface area (Å²) in [6.07, 6.45) is 0.0479. The van der Waals surface area contributed by atoms with Gasteiger partial charge in [0.05, 0.1) is 6.04 Å². The van der Waals surface area contributed by atoms with Crippen LogP contribution < -0.4 is 10.1 Å². The second-order valence-electron chi connectivity index (χ2n) is 7.04. The van der Waals surface area contributed by atoms with E-state index in [1.165, 1.54) is 0 Å². The highest BCUT2D eigenvalue weighted by Crippen LogP contribution is 2.25. The van der Waals surface area contributed by atoms with Crippen LogP contribution in [0.5, 0.6) is 5.75 Å². The number of amides is 1. The van der Waals surface area contributed by atoms with Gasteiger partial charge in [0.1, 0.15) is 5.75 Å². The minimum atomic E-state index is -0.544. The van der Waals surface area contributed by atoms with Gasteiger partial charge in [0.2, 0.25) is 0 Å². The summed E-state index contributed by atoms with van der Waals surface area (Å²) in [6, 6.07) is 25.8. The first-order valence-corrected chi connectivity index (χ1v) is 9.72. The van der Waals surface area contributed by atoms with E-state index in [9.17, 15) is 4.79 Å². The van der Waals surface area contributed by atoms with Gasteiger partial charge in [0.15, 0.2) is 6.10 Å². The number of aryl methyl sites for hydroxylation is 2. The van der Waals surface area contributed by atoms with E-state index in [2.05, 4.69) is 24.4 Å². The first-order valence-electron chi connectivity index (χ1n) is 9.72. The third-order valence-corrected chi connectivity index (χ3v) is 4.85. The van der Waals surface area contributed by atoms with Crippen molar-refractivity contribution >= 4 is 5.91 Å². The lowest BCUT2D eigenvalue weighted by Gasteiger charge is -2.25. The maximum atomic E-state index is 13.1. The van der Waals surface area contributed by atoms with Crippen molar-refractivity contribution in [1.82, 2.24) is 5.32 Å². The highest BCUT2D eigenvalue weighted by Gasteiger charge is 2.24. The topological polar surface area (TPSA) is 38.3 Å². The zero-order valence-electron chi connectivity index (χ0n) is 16.7. The summed E-state index contributed by atoms with van der Waals surface area (Å²) < 4.78 is 6.00. The van der Waals surface area contributed by atoms with Crippen molar-refractivity contribution in [3.05, 3.63) is 101 Å². The molecule has 0 fully saturated rings. The van der Waals surface area contributed by atoms with Crippen LogP contribution in [0.15, 0.2) is 78.9 Å². The molecule has 0 spiro atoms. The predicted molar refractivity (Wildman–Crippen MR) is 113 cm³/mol. The summed E-state index contributed by atoms with van der Waals surface area (Å²) in [5.74, 6) is 0.607. The van der Waals surface area contributed by atoms with Crippen molar-refractivity contribution < 1.29 is 9.53 Å². The predicted octanol–water partition coefficient (Wildman–Crippen LogP) is 5.37. The summed E-state index contributed by atoms with van der Waals surface area (Å²) in [5, 5.41) is 3.21. The lowest BCUT2D eigenvalue weighted by atomic mass is 9.94. The molecular formula is C25H27NO2. The molecular weight excluding hydrogens is 346 g/mol. The number of hydrogen-bond acceptors (Lipinski definition) is 2. The highest BCUT2D eigenvalue weighted by atomic mass is 16.5. The average Bonchev–Trinajstić information content (AvgIpc) is 2.71. The van der Waals surface area contributed by atoms with E-state index in [0.29, 0.717) is 12.2 Å². The Hall–Kier alpha value is -3.07. The van der Waals surface area contributed by atoms with E-state index < -0.39 is 6.10 Å². The molecule has 28 heavy (non-hydrogen) atoms. The van der Waals surface area contributed by atoms with Gasteiger partial charge in [-0.3, -0.25) is 4.79 Å². The molecule has 2 atom stereocenters. The zero-order valence-corrected chi connectivity index (χ0v) is 16.7. The molecule has 3 aromatic carbocycles. The molecule has 0 saturated carbocycles. The number of ether oxygens (including phenoxy) is 1. The summed E-state index contributed by atoms with van der Waals surface area (Å²) in [5.41, 5.74) is 4.39. The molecule has 0 unspecified atom stereocenters. The van der Waals surface area contributed by atoms with Crippen LogP contribution in [0.2, 0.25) is 0 Å². The molecule has 0 saturated heterocycles. The second kappa shape index (κ2) is 9.23. The average molecular weight is 373 g/mol. The smallest absolute Gasteiger partial charge is 0.261 e. The van der Waals surface area contributed by atoms with Gasteiger partial charge >= 0.3 is 0 Å². The molecule has 3 aromatic rings. The van der Waals surface area contributed by atoms with Crippen LogP contribution in [0, 0.1) is 13.8 Å². The molecule has 0 aromatic heterocycles. The van der Waals surface area contributed by atoms with Crippen molar-refractivity contribution in [1.29, 1.82) is 0 Å². The fourth-order valence-corrected chi connectivity index (χ4v) is 3.31. The van der Waals surface area contributed by atoms with Crippen molar-refractivity contribution in [3.63, 3.8) is 0 Å². The summed E-state index contributed by atoms with van der Waals surface area (Å²) in [4.78, 5) is 13.1. The van der Waals surface area contributed by atoms with Gasteiger partial charge in [0, 0.05) is 0 Å². The number of nitrogens with one attached hydrogen (secondary N) is 1. The fraction of sp³-hybridized carbons (Fsp3) is 0.240. The van der Waals surface area contributed by atoms with Gasteiger partial charge in [-0.2, -0.15) is 0 Å². The van der Waals surface area contributed by atoms with Crippen LogP contribution in [0.1, 0.15) is 41.6 Å². The van der Waals surface area contributed by atoms with Crippen LogP contribution in [0.4, 0.5) is 0 Å². The number of hydrogen-bond donors (Lipinski definition) is 1. The Morgan fingerprint density at radius 3 is 2.32 bits per heavy atom. The summed E-state index contributed by atoms with van der Waals surface area (Å²) in [6.45, 7) is 6.04. The Kier molecular flexibility index (Phi) is 6.49. The van der Waals surface area contributed by atoms with Gasteiger partial charge in [-0.25, -0.2) is 0 Å². The second-order valence-corrected chi connectivity index (χ2v) is 7.04. The van der Waals surface area contributed by atoms with Crippen LogP contribution >= 0.6 is 0 Å². The molecule has 144 valence electrons. The van der Waals surface area contributed by atoms with Crippen LogP contribution in [0.3, 0.4) is 0 Å².